The Kier molecular flexibility index (Phi) is 5.10. The first-order valence-corrected chi connectivity index (χ1v) is 8.07. The Morgan fingerprint density at radius 1 is 1.08 bits per heavy atom. The molecule has 1 aliphatic heterocycles. The molecule has 2 aromatic rings. The van der Waals surface area contributed by atoms with E-state index in [0.717, 1.165) is 22.4 Å². The van der Waals surface area contributed by atoms with Crippen molar-refractivity contribution in [3.8, 4) is 29.1 Å². The van der Waals surface area contributed by atoms with Crippen LogP contribution >= 0.6 is 0 Å². The first kappa shape index (κ1) is 16.7. The maximum Gasteiger partial charge on any atom is 0.161 e. The van der Waals surface area contributed by atoms with Gasteiger partial charge < -0.3 is 18.9 Å². The molecule has 25 heavy (non-hydrogen) atoms. The summed E-state index contributed by atoms with van der Waals surface area (Å²) >= 11 is 0. The predicted octanol–water partition coefficient (Wildman–Crippen LogP) is 3.82. The van der Waals surface area contributed by atoms with Gasteiger partial charge >= 0.3 is 0 Å². The zero-order chi connectivity index (χ0) is 17.6. The highest BCUT2D eigenvalue weighted by atomic mass is 16.6. The number of benzene rings is 2. The van der Waals surface area contributed by atoms with E-state index in [1.54, 1.807) is 7.11 Å². The van der Waals surface area contributed by atoms with E-state index in [2.05, 4.69) is 6.07 Å². The second-order valence-corrected chi connectivity index (χ2v) is 5.34. The fourth-order valence-electron chi connectivity index (χ4n) is 2.72. The SMILES string of the molecule is CCOc1cc(/C(=C/C#N)c2ccc3c(c2)OCCO3)ccc1OC. The van der Waals surface area contributed by atoms with E-state index >= 15 is 0 Å². The molecule has 0 N–H and O–H groups in total. The van der Waals surface area contributed by atoms with Gasteiger partial charge in [-0.3, -0.25) is 0 Å². The maximum absolute atomic E-state index is 9.23. The molecule has 0 radical (unpaired) electrons. The van der Waals surface area contributed by atoms with Crippen molar-refractivity contribution in [2.24, 2.45) is 0 Å². The molecule has 0 bridgehead atoms. The quantitative estimate of drug-likeness (QED) is 0.776. The van der Waals surface area contributed by atoms with E-state index in [4.69, 9.17) is 18.9 Å². The Hall–Kier alpha value is -3.13. The van der Waals surface area contributed by atoms with Crippen LogP contribution in [0.4, 0.5) is 0 Å². The lowest BCUT2D eigenvalue weighted by Gasteiger charge is -2.19. The monoisotopic (exact) mass is 337 g/mol. The molecule has 128 valence electrons. The molecule has 0 saturated heterocycles. The first-order valence-electron chi connectivity index (χ1n) is 8.07. The largest absolute Gasteiger partial charge is 0.493 e. The number of hydrogen-bond donors (Lipinski definition) is 0. The summed E-state index contributed by atoms with van der Waals surface area (Å²) in [6, 6.07) is 13.4. The lowest BCUT2D eigenvalue weighted by Crippen LogP contribution is -2.15. The van der Waals surface area contributed by atoms with E-state index in [9.17, 15) is 5.26 Å². The standard InChI is InChI=1S/C20H19NO4/c1-3-23-19-12-14(4-6-17(19)22-2)16(8-9-21)15-5-7-18-20(13-15)25-11-10-24-18/h4-8,12-13H,3,10-11H2,1-2H3/b16-8-. The lowest BCUT2D eigenvalue weighted by molar-refractivity contribution is 0.171. The van der Waals surface area contributed by atoms with E-state index < -0.39 is 0 Å². The minimum absolute atomic E-state index is 0.519. The number of allylic oxidation sites excluding steroid dienone is 1. The highest BCUT2D eigenvalue weighted by molar-refractivity contribution is 5.83. The van der Waals surface area contributed by atoms with Gasteiger partial charge in [0.2, 0.25) is 0 Å². The second kappa shape index (κ2) is 7.63. The van der Waals surface area contributed by atoms with Gasteiger partial charge in [0.05, 0.1) is 19.8 Å². The summed E-state index contributed by atoms with van der Waals surface area (Å²) in [6.07, 6.45) is 1.52. The Labute approximate surface area is 147 Å². The molecule has 2 aromatic carbocycles. The number of rotatable bonds is 5. The zero-order valence-electron chi connectivity index (χ0n) is 14.2. The van der Waals surface area contributed by atoms with Crippen molar-refractivity contribution < 1.29 is 18.9 Å². The first-order chi connectivity index (χ1) is 12.3. The average molecular weight is 337 g/mol. The van der Waals surface area contributed by atoms with Crippen LogP contribution in [-0.2, 0) is 0 Å². The van der Waals surface area contributed by atoms with Crippen LogP contribution in [0.2, 0.25) is 0 Å². The van der Waals surface area contributed by atoms with Crippen LogP contribution in [0.25, 0.3) is 5.57 Å². The van der Waals surface area contributed by atoms with Gasteiger partial charge in [-0.2, -0.15) is 5.26 Å². The summed E-state index contributed by atoms with van der Waals surface area (Å²) < 4.78 is 22.2. The molecule has 5 nitrogen and oxygen atoms in total. The van der Waals surface area contributed by atoms with Crippen molar-refractivity contribution in [3.63, 3.8) is 0 Å². The summed E-state index contributed by atoms with van der Waals surface area (Å²) in [7, 11) is 1.60. The lowest BCUT2D eigenvalue weighted by atomic mass is 9.97. The number of hydrogen-bond acceptors (Lipinski definition) is 5. The van der Waals surface area contributed by atoms with Crippen molar-refractivity contribution in [2.75, 3.05) is 26.9 Å². The summed E-state index contributed by atoms with van der Waals surface area (Å²) in [4.78, 5) is 0. The van der Waals surface area contributed by atoms with Gasteiger partial charge in [0.15, 0.2) is 23.0 Å². The molecular weight excluding hydrogens is 318 g/mol. The van der Waals surface area contributed by atoms with Crippen molar-refractivity contribution in [1.82, 2.24) is 0 Å². The van der Waals surface area contributed by atoms with Gasteiger partial charge in [-0.15, -0.1) is 0 Å². The fourth-order valence-corrected chi connectivity index (χ4v) is 2.72. The van der Waals surface area contributed by atoms with Crippen LogP contribution in [0.3, 0.4) is 0 Å². The van der Waals surface area contributed by atoms with Gasteiger partial charge in [-0.25, -0.2) is 0 Å². The van der Waals surface area contributed by atoms with E-state index in [1.165, 1.54) is 6.08 Å². The van der Waals surface area contributed by atoms with Crippen molar-refractivity contribution in [1.29, 1.82) is 5.26 Å². The number of nitriles is 1. The molecule has 0 aromatic heterocycles. The minimum Gasteiger partial charge on any atom is -0.493 e. The molecule has 0 saturated carbocycles. The summed E-state index contributed by atoms with van der Waals surface area (Å²) in [6.45, 7) is 3.51. The molecular formula is C20H19NO4. The van der Waals surface area contributed by atoms with Crippen LogP contribution in [0.5, 0.6) is 23.0 Å². The predicted molar refractivity (Wildman–Crippen MR) is 94.3 cm³/mol. The van der Waals surface area contributed by atoms with Crippen LogP contribution < -0.4 is 18.9 Å². The van der Waals surface area contributed by atoms with Gasteiger partial charge in [0, 0.05) is 6.08 Å². The number of nitrogens with zero attached hydrogens (tertiary/aromatic N) is 1. The molecule has 1 aliphatic rings. The smallest absolute Gasteiger partial charge is 0.161 e. The molecule has 0 atom stereocenters. The molecule has 0 spiro atoms. The normalized spacial score (nSPS) is 13.1. The Balaban J connectivity index is 2.04. The van der Waals surface area contributed by atoms with Crippen LogP contribution in [-0.4, -0.2) is 26.9 Å². The average Bonchev–Trinajstić information content (AvgIpc) is 2.66. The Morgan fingerprint density at radius 2 is 1.80 bits per heavy atom. The topological polar surface area (TPSA) is 60.7 Å². The molecule has 0 fully saturated rings. The highest BCUT2D eigenvalue weighted by Gasteiger charge is 2.15. The number of fused-ring (bicyclic) bond motifs is 1. The van der Waals surface area contributed by atoms with Crippen LogP contribution in [0, 0.1) is 11.3 Å². The van der Waals surface area contributed by atoms with Gasteiger partial charge in [0.1, 0.15) is 13.2 Å². The van der Waals surface area contributed by atoms with E-state index in [1.807, 2.05) is 43.3 Å². The third kappa shape index (κ3) is 3.53. The molecule has 0 unspecified atom stereocenters. The molecule has 1 heterocycles. The molecule has 0 amide bonds. The number of methoxy groups -OCH3 is 1. The van der Waals surface area contributed by atoms with Gasteiger partial charge in [0.25, 0.3) is 0 Å². The third-order valence-corrected chi connectivity index (χ3v) is 3.84. The van der Waals surface area contributed by atoms with Crippen molar-refractivity contribution in [2.45, 2.75) is 6.92 Å². The summed E-state index contributed by atoms with van der Waals surface area (Å²) in [5, 5.41) is 9.23. The molecule has 3 rings (SSSR count). The maximum atomic E-state index is 9.23. The van der Waals surface area contributed by atoms with Gasteiger partial charge in [-0.05, 0) is 47.9 Å². The fraction of sp³-hybridized carbons (Fsp3) is 0.250. The Bertz CT molecular complexity index is 836. The molecule has 0 aliphatic carbocycles. The zero-order valence-corrected chi connectivity index (χ0v) is 14.2. The number of ether oxygens (including phenoxy) is 4. The third-order valence-electron chi connectivity index (χ3n) is 3.84. The van der Waals surface area contributed by atoms with E-state index in [-0.39, 0.29) is 0 Å². The Morgan fingerprint density at radius 3 is 2.52 bits per heavy atom. The van der Waals surface area contributed by atoms with Crippen molar-refractivity contribution >= 4 is 5.57 Å². The van der Waals surface area contributed by atoms with Crippen LogP contribution in [0.15, 0.2) is 42.5 Å². The molecule has 5 heteroatoms. The van der Waals surface area contributed by atoms with Gasteiger partial charge in [-0.1, -0.05) is 12.1 Å². The highest BCUT2D eigenvalue weighted by Crippen LogP contribution is 2.37. The van der Waals surface area contributed by atoms with Crippen LogP contribution in [0.1, 0.15) is 18.1 Å². The van der Waals surface area contributed by atoms with Crippen molar-refractivity contribution in [3.05, 3.63) is 53.6 Å². The minimum atomic E-state index is 0.519. The van der Waals surface area contributed by atoms with E-state index in [0.29, 0.717) is 37.1 Å². The summed E-state index contributed by atoms with van der Waals surface area (Å²) in [5.74, 6) is 2.70. The summed E-state index contributed by atoms with van der Waals surface area (Å²) in [5.41, 5.74) is 2.52. The second-order valence-electron chi connectivity index (χ2n) is 5.34.